The van der Waals surface area contributed by atoms with Crippen LogP contribution in [0.4, 0.5) is 8.78 Å². The number of imidazole rings is 1. The van der Waals surface area contributed by atoms with Gasteiger partial charge in [0.25, 0.3) is 5.91 Å². The van der Waals surface area contributed by atoms with Gasteiger partial charge in [0, 0.05) is 25.9 Å². The quantitative estimate of drug-likeness (QED) is 0.517. The molecule has 0 saturated heterocycles. The zero-order chi connectivity index (χ0) is 23.3. The maximum absolute atomic E-state index is 13.9. The van der Waals surface area contributed by atoms with Crippen LogP contribution in [-0.2, 0) is 7.05 Å². The number of hydrogen-bond acceptors (Lipinski definition) is 4. The van der Waals surface area contributed by atoms with E-state index in [0.717, 1.165) is 29.4 Å². The van der Waals surface area contributed by atoms with Crippen molar-refractivity contribution in [2.45, 2.75) is 62.8 Å². The van der Waals surface area contributed by atoms with Crippen molar-refractivity contribution in [2.75, 3.05) is 0 Å². The van der Waals surface area contributed by atoms with Gasteiger partial charge in [0.2, 0.25) is 5.92 Å². The molecule has 2 saturated carbocycles. The monoisotopic (exact) mass is 456 g/mol. The topological polar surface area (TPSA) is 116 Å². The first-order valence-electron chi connectivity index (χ1n) is 11.7. The molecule has 33 heavy (non-hydrogen) atoms. The fourth-order valence-electron chi connectivity index (χ4n) is 5.35. The molecule has 2 heterocycles. The third-order valence-corrected chi connectivity index (χ3v) is 7.56. The van der Waals surface area contributed by atoms with E-state index in [1.165, 1.54) is 11.1 Å². The molecule has 7 nitrogen and oxygen atoms in total. The molecule has 1 aromatic carbocycles. The summed E-state index contributed by atoms with van der Waals surface area (Å²) < 4.78 is 29.2. The molecule has 2 fully saturated rings. The Bertz CT molecular complexity index is 1170. The van der Waals surface area contributed by atoms with Gasteiger partial charge in [-0.05, 0) is 61.3 Å². The predicted molar refractivity (Wildman–Crippen MR) is 121 cm³/mol. The largest absolute Gasteiger partial charge is 0.364 e. The molecule has 0 spiro atoms. The van der Waals surface area contributed by atoms with E-state index >= 15 is 0 Å². The zero-order valence-corrected chi connectivity index (χ0v) is 18.7. The third kappa shape index (κ3) is 4.14. The number of nitrogens with two attached hydrogens (primary N) is 2. The summed E-state index contributed by atoms with van der Waals surface area (Å²) in [4.78, 5) is 20.0. The molecule has 5 N–H and O–H groups in total. The number of nitrogens with zero attached hydrogens (tertiary/aromatic N) is 3. The van der Waals surface area contributed by atoms with E-state index in [1.807, 2.05) is 18.2 Å². The molecule has 176 valence electrons. The average molecular weight is 457 g/mol. The van der Waals surface area contributed by atoms with Gasteiger partial charge in [-0.2, -0.15) is 5.10 Å². The number of rotatable bonds is 6. The number of nitrogens with one attached hydrogen (secondary N) is 1. The minimum Gasteiger partial charge on any atom is -0.364 e. The minimum absolute atomic E-state index is 0.000174. The Morgan fingerprint density at radius 3 is 2.52 bits per heavy atom. The van der Waals surface area contributed by atoms with Crippen molar-refractivity contribution in [3.8, 4) is 0 Å². The highest BCUT2D eigenvalue weighted by Gasteiger charge is 2.40. The van der Waals surface area contributed by atoms with Gasteiger partial charge in [0.05, 0.1) is 22.6 Å². The number of carbonyl (C=O) groups excluding carboxylic acids is 1. The van der Waals surface area contributed by atoms with Gasteiger partial charge >= 0.3 is 0 Å². The maximum Gasteiger partial charge on any atom is 0.266 e. The van der Waals surface area contributed by atoms with Crippen molar-refractivity contribution in [2.24, 2.45) is 30.4 Å². The molecular weight excluding hydrogens is 426 g/mol. The van der Waals surface area contributed by atoms with Crippen molar-refractivity contribution in [1.29, 1.82) is 0 Å². The number of fused-ring (bicyclic) bond motifs is 1. The van der Waals surface area contributed by atoms with Crippen LogP contribution in [0.3, 0.4) is 0 Å². The fraction of sp³-hybridized carbons (Fsp3) is 0.542. The summed E-state index contributed by atoms with van der Waals surface area (Å²) in [6, 6.07) is 7.69. The highest BCUT2D eigenvalue weighted by Crippen LogP contribution is 2.44. The van der Waals surface area contributed by atoms with Crippen molar-refractivity contribution < 1.29 is 13.6 Å². The lowest BCUT2D eigenvalue weighted by Crippen LogP contribution is -2.28. The van der Waals surface area contributed by atoms with E-state index in [2.05, 4.69) is 10.1 Å². The Morgan fingerprint density at radius 1 is 1.18 bits per heavy atom. The molecular formula is C24H30F2N6O. The Balaban J connectivity index is 1.52. The Hall–Kier alpha value is -2.81. The summed E-state index contributed by atoms with van der Waals surface area (Å²) in [5.74, 6) is -2.44. The number of carbonyl (C=O) groups is 1. The lowest BCUT2D eigenvalue weighted by molar-refractivity contribution is -0.0476. The number of H-pyrrole nitrogens is 1. The number of hydrogen-bond donors (Lipinski definition) is 3. The molecule has 0 radical (unpaired) electrons. The highest BCUT2D eigenvalue weighted by atomic mass is 19.3. The lowest BCUT2D eigenvalue weighted by atomic mass is 9.77. The van der Waals surface area contributed by atoms with E-state index in [-0.39, 0.29) is 36.4 Å². The number of amides is 1. The van der Waals surface area contributed by atoms with E-state index in [9.17, 15) is 13.6 Å². The predicted octanol–water partition coefficient (Wildman–Crippen LogP) is 4.15. The van der Waals surface area contributed by atoms with Crippen LogP contribution in [0.5, 0.6) is 0 Å². The fourth-order valence-corrected chi connectivity index (χ4v) is 5.35. The lowest BCUT2D eigenvalue weighted by Gasteiger charge is -2.32. The van der Waals surface area contributed by atoms with Crippen molar-refractivity contribution in [3.63, 3.8) is 0 Å². The molecule has 9 heteroatoms. The second kappa shape index (κ2) is 8.20. The average Bonchev–Trinajstić information content (AvgIpc) is 3.31. The van der Waals surface area contributed by atoms with E-state index in [1.54, 1.807) is 13.1 Å². The van der Waals surface area contributed by atoms with Crippen LogP contribution in [0.2, 0.25) is 0 Å². The molecule has 1 amide bonds. The third-order valence-electron chi connectivity index (χ3n) is 7.56. The highest BCUT2D eigenvalue weighted by molar-refractivity contribution is 5.91. The molecule has 2 atom stereocenters. The number of benzene rings is 1. The Morgan fingerprint density at radius 2 is 1.91 bits per heavy atom. The molecule has 2 aromatic heterocycles. The zero-order valence-electron chi connectivity index (χ0n) is 18.7. The SMILES string of the molecule is Cn1nc([C@@H](c2nc3ccc(C(N)C4CCC4)cc3[nH]2)C2CCC(F)(F)CC2)cc1C(N)=O. The standard InChI is InChI=1S/C24H30F2N6O/c1-32-19(22(28)33)12-18(31-32)20(13-7-9-24(25,26)10-8-13)23-29-16-6-5-15(11-17(16)30-23)21(27)14-3-2-4-14/h5-6,11-14,20-21H,2-4,7-10,27H2,1H3,(H2,28,33)(H,29,30)/t20-,21?/m0/s1. The summed E-state index contributed by atoms with van der Waals surface area (Å²) in [6.45, 7) is 0. The van der Waals surface area contributed by atoms with Gasteiger partial charge < -0.3 is 16.5 Å². The van der Waals surface area contributed by atoms with Crippen LogP contribution in [0.1, 0.15) is 84.5 Å². The Kier molecular flexibility index (Phi) is 5.47. The first-order valence-corrected chi connectivity index (χ1v) is 11.7. The van der Waals surface area contributed by atoms with E-state index in [4.69, 9.17) is 16.5 Å². The van der Waals surface area contributed by atoms with Crippen LogP contribution >= 0.6 is 0 Å². The number of aromatic amines is 1. The number of aromatic nitrogens is 4. The molecule has 2 aliphatic rings. The minimum atomic E-state index is -2.63. The van der Waals surface area contributed by atoms with Crippen molar-refractivity contribution in [1.82, 2.24) is 19.7 Å². The van der Waals surface area contributed by atoms with Gasteiger partial charge in [-0.1, -0.05) is 12.5 Å². The van der Waals surface area contributed by atoms with E-state index in [0.29, 0.717) is 30.3 Å². The second-order valence-corrected chi connectivity index (χ2v) is 9.73. The number of primary amides is 1. The van der Waals surface area contributed by atoms with Gasteiger partial charge in [-0.25, -0.2) is 13.8 Å². The van der Waals surface area contributed by atoms with Crippen molar-refractivity contribution >= 4 is 16.9 Å². The molecule has 2 aliphatic carbocycles. The van der Waals surface area contributed by atoms with Gasteiger partial charge in [0.15, 0.2) is 0 Å². The first kappa shape index (κ1) is 22.0. The number of halogens is 2. The van der Waals surface area contributed by atoms with Crippen LogP contribution in [0, 0.1) is 11.8 Å². The Labute approximate surface area is 190 Å². The van der Waals surface area contributed by atoms with E-state index < -0.39 is 11.8 Å². The smallest absolute Gasteiger partial charge is 0.266 e. The molecule has 3 aromatic rings. The summed E-state index contributed by atoms with van der Waals surface area (Å²) >= 11 is 0. The maximum atomic E-state index is 13.9. The summed E-state index contributed by atoms with van der Waals surface area (Å²) in [5, 5.41) is 4.53. The molecule has 0 aliphatic heterocycles. The van der Waals surface area contributed by atoms with Crippen LogP contribution < -0.4 is 11.5 Å². The first-order chi connectivity index (χ1) is 15.7. The summed E-state index contributed by atoms with van der Waals surface area (Å²) in [7, 11) is 1.66. The van der Waals surface area contributed by atoms with Crippen LogP contribution in [-0.4, -0.2) is 31.6 Å². The molecule has 1 unspecified atom stereocenters. The van der Waals surface area contributed by atoms with Gasteiger partial charge in [-0.15, -0.1) is 0 Å². The molecule has 5 rings (SSSR count). The van der Waals surface area contributed by atoms with Gasteiger partial charge in [-0.3, -0.25) is 9.48 Å². The van der Waals surface area contributed by atoms with Gasteiger partial charge in [0.1, 0.15) is 11.5 Å². The summed E-state index contributed by atoms with van der Waals surface area (Å²) in [6.07, 6.45) is 3.93. The number of alkyl halides is 2. The summed E-state index contributed by atoms with van der Waals surface area (Å²) in [5.41, 5.74) is 15.6. The van der Waals surface area contributed by atoms with Crippen molar-refractivity contribution in [3.05, 3.63) is 47.0 Å². The normalized spacial score (nSPS) is 21.1. The van der Waals surface area contributed by atoms with Crippen LogP contribution in [0.25, 0.3) is 11.0 Å². The number of aryl methyl sites for hydroxylation is 1. The van der Waals surface area contributed by atoms with Crippen LogP contribution in [0.15, 0.2) is 24.3 Å². The second-order valence-electron chi connectivity index (χ2n) is 9.73. The molecule has 0 bridgehead atoms.